The van der Waals surface area contributed by atoms with Crippen molar-refractivity contribution in [3.63, 3.8) is 0 Å². The number of nitrogens with zero attached hydrogens (tertiary/aromatic N) is 4. The van der Waals surface area contributed by atoms with Crippen molar-refractivity contribution in [3.8, 4) is 34.6 Å². The molecule has 0 radical (unpaired) electrons. The van der Waals surface area contributed by atoms with E-state index in [0.717, 1.165) is 49.8 Å². The molecular formula is C38H22N4. The molecule has 2 aromatic heterocycles. The van der Waals surface area contributed by atoms with Crippen molar-refractivity contribution in [3.05, 3.63) is 145 Å². The highest BCUT2D eigenvalue weighted by Gasteiger charge is 2.18. The standard InChI is InChI=1S/C38H22N4/c39-23-26-17-19-29(21-27(26)24-40)42-35-15-7-5-12-33(35)38-30(13-8-16-36(38)42)25-18-20-32-31-11-4-6-14-34(31)41(37(32)22-25)28-9-2-1-3-10-28/h1-22H. The van der Waals surface area contributed by atoms with Gasteiger partial charge in [0.2, 0.25) is 0 Å². The first-order valence-corrected chi connectivity index (χ1v) is 13.8. The van der Waals surface area contributed by atoms with Crippen LogP contribution in [0.15, 0.2) is 133 Å². The van der Waals surface area contributed by atoms with Crippen LogP contribution in [-0.4, -0.2) is 9.13 Å². The zero-order chi connectivity index (χ0) is 28.2. The second-order valence-electron chi connectivity index (χ2n) is 10.4. The average Bonchev–Trinajstić information content (AvgIpc) is 3.57. The van der Waals surface area contributed by atoms with Gasteiger partial charge in [-0.15, -0.1) is 0 Å². The Morgan fingerprint density at radius 3 is 1.86 bits per heavy atom. The molecule has 0 aliphatic rings. The highest BCUT2D eigenvalue weighted by Crippen LogP contribution is 2.41. The van der Waals surface area contributed by atoms with E-state index < -0.39 is 0 Å². The summed E-state index contributed by atoms with van der Waals surface area (Å²) in [5.41, 5.74) is 9.45. The maximum absolute atomic E-state index is 9.72. The largest absolute Gasteiger partial charge is 0.309 e. The monoisotopic (exact) mass is 534 g/mol. The van der Waals surface area contributed by atoms with E-state index in [9.17, 15) is 10.5 Å². The number of rotatable bonds is 3. The van der Waals surface area contributed by atoms with Crippen LogP contribution in [0.4, 0.5) is 0 Å². The molecule has 0 atom stereocenters. The van der Waals surface area contributed by atoms with E-state index in [1.807, 2.05) is 24.3 Å². The molecule has 6 aromatic carbocycles. The van der Waals surface area contributed by atoms with Gasteiger partial charge >= 0.3 is 0 Å². The summed E-state index contributed by atoms with van der Waals surface area (Å²) in [5.74, 6) is 0. The van der Waals surface area contributed by atoms with Gasteiger partial charge in [-0.3, -0.25) is 0 Å². The number of hydrogen-bond acceptors (Lipinski definition) is 2. The van der Waals surface area contributed by atoms with Gasteiger partial charge in [-0.25, -0.2) is 0 Å². The van der Waals surface area contributed by atoms with Crippen molar-refractivity contribution in [1.29, 1.82) is 10.5 Å². The van der Waals surface area contributed by atoms with Crippen molar-refractivity contribution in [2.24, 2.45) is 0 Å². The van der Waals surface area contributed by atoms with E-state index in [-0.39, 0.29) is 0 Å². The smallest absolute Gasteiger partial charge is 0.101 e. The molecule has 194 valence electrons. The lowest BCUT2D eigenvalue weighted by Crippen LogP contribution is -1.96. The van der Waals surface area contributed by atoms with Gasteiger partial charge < -0.3 is 9.13 Å². The first kappa shape index (κ1) is 23.8. The summed E-state index contributed by atoms with van der Waals surface area (Å²) >= 11 is 0. The minimum atomic E-state index is 0.372. The fraction of sp³-hybridized carbons (Fsp3) is 0. The van der Waals surface area contributed by atoms with Crippen LogP contribution in [0.2, 0.25) is 0 Å². The third kappa shape index (κ3) is 3.40. The fourth-order valence-corrected chi connectivity index (χ4v) is 6.39. The van der Waals surface area contributed by atoms with Gasteiger partial charge in [0, 0.05) is 32.9 Å². The van der Waals surface area contributed by atoms with E-state index in [2.05, 4.69) is 124 Å². The molecule has 0 bridgehead atoms. The molecule has 4 heteroatoms. The van der Waals surface area contributed by atoms with E-state index in [1.165, 1.54) is 16.3 Å². The van der Waals surface area contributed by atoms with E-state index >= 15 is 0 Å². The maximum Gasteiger partial charge on any atom is 0.101 e. The highest BCUT2D eigenvalue weighted by atomic mass is 15.0. The van der Waals surface area contributed by atoms with Gasteiger partial charge in [-0.1, -0.05) is 78.9 Å². The van der Waals surface area contributed by atoms with Crippen molar-refractivity contribution >= 4 is 43.6 Å². The Bertz CT molecular complexity index is 2430. The normalized spacial score (nSPS) is 11.3. The van der Waals surface area contributed by atoms with Crippen LogP contribution in [0.5, 0.6) is 0 Å². The summed E-state index contributed by atoms with van der Waals surface area (Å²) in [7, 11) is 0. The van der Waals surface area contributed by atoms with Crippen molar-refractivity contribution in [1.82, 2.24) is 9.13 Å². The first-order chi connectivity index (χ1) is 20.8. The van der Waals surface area contributed by atoms with E-state index in [4.69, 9.17) is 0 Å². The summed E-state index contributed by atoms with van der Waals surface area (Å²) in [6.45, 7) is 0. The Kier molecular flexibility index (Phi) is 5.22. The number of fused-ring (bicyclic) bond motifs is 6. The Morgan fingerprint density at radius 1 is 0.429 bits per heavy atom. The maximum atomic E-state index is 9.72. The van der Waals surface area contributed by atoms with Crippen molar-refractivity contribution in [2.75, 3.05) is 0 Å². The molecule has 0 aliphatic carbocycles. The van der Waals surface area contributed by atoms with Crippen LogP contribution in [0.1, 0.15) is 11.1 Å². The van der Waals surface area contributed by atoms with Gasteiger partial charge in [0.25, 0.3) is 0 Å². The van der Waals surface area contributed by atoms with E-state index in [0.29, 0.717) is 11.1 Å². The molecule has 0 unspecified atom stereocenters. The molecular weight excluding hydrogens is 512 g/mol. The Hall–Kier alpha value is -6.10. The lowest BCUT2D eigenvalue weighted by atomic mass is 9.98. The second-order valence-corrected chi connectivity index (χ2v) is 10.4. The Balaban J connectivity index is 1.43. The molecule has 0 spiro atoms. The van der Waals surface area contributed by atoms with Crippen molar-refractivity contribution < 1.29 is 0 Å². The molecule has 8 rings (SSSR count). The zero-order valence-electron chi connectivity index (χ0n) is 22.5. The predicted molar refractivity (Wildman–Crippen MR) is 170 cm³/mol. The average molecular weight is 535 g/mol. The molecule has 0 aliphatic heterocycles. The Labute approximate surface area is 242 Å². The summed E-state index contributed by atoms with van der Waals surface area (Å²) in [6.07, 6.45) is 0. The molecule has 0 fully saturated rings. The number of hydrogen-bond donors (Lipinski definition) is 0. The molecule has 42 heavy (non-hydrogen) atoms. The van der Waals surface area contributed by atoms with Gasteiger partial charge in [-0.05, 0) is 65.7 Å². The highest BCUT2D eigenvalue weighted by molar-refractivity contribution is 6.17. The van der Waals surface area contributed by atoms with Crippen LogP contribution in [0.25, 0.3) is 66.1 Å². The zero-order valence-corrected chi connectivity index (χ0v) is 22.5. The second kappa shape index (κ2) is 9.24. The topological polar surface area (TPSA) is 57.4 Å². The molecule has 0 amide bonds. The molecule has 0 N–H and O–H groups in total. The number of benzene rings is 6. The Morgan fingerprint density at radius 2 is 1.07 bits per heavy atom. The van der Waals surface area contributed by atoms with Crippen LogP contribution < -0.4 is 0 Å². The minimum Gasteiger partial charge on any atom is -0.309 e. The molecule has 0 saturated carbocycles. The predicted octanol–water partition coefficient (Wildman–Crippen LogP) is 9.29. The third-order valence-electron chi connectivity index (χ3n) is 8.20. The fourth-order valence-electron chi connectivity index (χ4n) is 6.39. The van der Waals surface area contributed by atoms with Gasteiger partial charge in [0.15, 0.2) is 0 Å². The van der Waals surface area contributed by atoms with Crippen LogP contribution in [0, 0.1) is 22.7 Å². The lowest BCUT2D eigenvalue weighted by molar-refractivity contribution is 1.17. The quantitative estimate of drug-likeness (QED) is 0.227. The minimum absolute atomic E-state index is 0.372. The van der Waals surface area contributed by atoms with Gasteiger partial charge in [-0.2, -0.15) is 10.5 Å². The summed E-state index contributed by atoms with van der Waals surface area (Å²) in [4.78, 5) is 0. The molecule has 2 heterocycles. The van der Waals surface area contributed by atoms with Gasteiger partial charge in [0.1, 0.15) is 12.1 Å². The van der Waals surface area contributed by atoms with E-state index in [1.54, 1.807) is 6.07 Å². The summed E-state index contributed by atoms with van der Waals surface area (Å²) in [5, 5.41) is 23.9. The number of nitriles is 2. The number of aromatic nitrogens is 2. The number of para-hydroxylation sites is 3. The first-order valence-electron chi connectivity index (χ1n) is 13.8. The van der Waals surface area contributed by atoms with Crippen LogP contribution in [0.3, 0.4) is 0 Å². The summed E-state index contributed by atoms with van der Waals surface area (Å²) in [6, 6.07) is 50.4. The molecule has 4 nitrogen and oxygen atoms in total. The molecule has 8 aromatic rings. The van der Waals surface area contributed by atoms with Crippen LogP contribution in [-0.2, 0) is 0 Å². The van der Waals surface area contributed by atoms with Crippen molar-refractivity contribution in [2.45, 2.75) is 0 Å². The van der Waals surface area contributed by atoms with Crippen LogP contribution >= 0.6 is 0 Å². The lowest BCUT2D eigenvalue weighted by Gasteiger charge is -2.11. The molecule has 0 saturated heterocycles. The SMILES string of the molecule is N#Cc1ccc(-n2c3ccccc3c3c(-c4ccc5c6ccccc6n(-c6ccccc6)c5c4)cccc32)cc1C#N. The summed E-state index contributed by atoms with van der Waals surface area (Å²) < 4.78 is 4.54. The third-order valence-corrected chi connectivity index (χ3v) is 8.20. The van der Waals surface area contributed by atoms with Gasteiger partial charge in [0.05, 0.1) is 33.2 Å².